The number of nitrogens with zero attached hydrogens (tertiary/aromatic N) is 1. The van der Waals surface area contributed by atoms with Crippen molar-refractivity contribution in [3.63, 3.8) is 0 Å². The summed E-state index contributed by atoms with van der Waals surface area (Å²) in [5.41, 5.74) is 0.600. The predicted octanol–water partition coefficient (Wildman–Crippen LogP) is 2.86. The molecule has 1 amide bonds. The van der Waals surface area contributed by atoms with Crippen LogP contribution < -0.4 is 5.32 Å². The molecule has 1 aromatic heterocycles. The van der Waals surface area contributed by atoms with Crippen LogP contribution in [0.2, 0.25) is 5.02 Å². The Balaban J connectivity index is 1.90. The fraction of sp³-hybridized carbons (Fsp3) is 0.455. The third-order valence-electron chi connectivity index (χ3n) is 2.74. The van der Waals surface area contributed by atoms with Crippen LogP contribution in [0.3, 0.4) is 0 Å². The van der Waals surface area contributed by atoms with Crippen molar-refractivity contribution in [2.45, 2.75) is 25.7 Å². The van der Waals surface area contributed by atoms with E-state index in [1.165, 1.54) is 19.3 Å². The number of anilines is 1. The number of carbonyl (C=O) groups excluding carboxylic acids is 1. The first-order valence-electron chi connectivity index (χ1n) is 5.15. The van der Waals surface area contributed by atoms with E-state index in [0.29, 0.717) is 23.0 Å². The normalized spacial score (nSPS) is 15.8. The van der Waals surface area contributed by atoms with Crippen LogP contribution in [-0.2, 0) is 4.79 Å². The lowest BCUT2D eigenvalue weighted by atomic mass is 9.83. The molecule has 0 unspecified atom stereocenters. The molecular formula is C11H13ClN2O. The lowest BCUT2D eigenvalue weighted by molar-refractivity contribution is -0.117. The molecule has 80 valence electrons. The van der Waals surface area contributed by atoms with Gasteiger partial charge >= 0.3 is 0 Å². The maximum Gasteiger partial charge on any atom is 0.224 e. The van der Waals surface area contributed by atoms with E-state index in [1.807, 2.05) is 0 Å². The summed E-state index contributed by atoms with van der Waals surface area (Å²) >= 11 is 5.90. The Morgan fingerprint density at radius 3 is 3.00 bits per heavy atom. The van der Waals surface area contributed by atoms with Gasteiger partial charge in [-0.15, -0.1) is 0 Å². The maximum absolute atomic E-state index is 11.6. The Bertz CT molecular complexity index is 363. The van der Waals surface area contributed by atoms with Gasteiger partial charge in [0, 0.05) is 12.6 Å². The molecule has 1 saturated carbocycles. The molecule has 1 heterocycles. The van der Waals surface area contributed by atoms with E-state index in [1.54, 1.807) is 18.5 Å². The third-order valence-corrected chi connectivity index (χ3v) is 3.07. The van der Waals surface area contributed by atoms with Crippen molar-refractivity contribution in [3.8, 4) is 0 Å². The number of carbonyl (C=O) groups is 1. The summed E-state index contributed by atoms with van der Waals surface area (Å²) in [5, 5.41) is 3.31. The van der Waals surface area contributed by atoms with E-state index in [9.17, 15) is 4.79 Å². The molecule has 1 N–H and O–H groups in total. The first kappa shape index (κ1) is 10.4. The van der Waals surface area contributed by atoms with Gasteiger partial charge in [0.25, 0.3) is 0 Å². The molecule has 0 saturated heterocycles. The van der Waals surface area contributed by atoms with Crippen LogP contribution in [0.25, 0.3) is 0 Å². The molecule has 4 heteroatoms. The minimum atomic E-state index is 0.0367. The lowest BCUT2D eigenvalue weighted by Gasteiger charge is -2.24. The molecule has 1 aliphatic rings. The quantitative estimate of drug-likeness (QED) is 0.858. The van der Waals surface area contributed by atoms with Gasteiger partial charge in [0.2, 0.25) is 5.91 Å². The number of amides is 1. The van der Waals surface area contributed by atoms with Crippen molar-refractivity contribution in [1.82, 2.24) is 4.98 Å². The highest BCUT2D eigenvalue weighted by molar-refractivity contribution is 6.33. The summed E-state index contributed by atoms with van der Waals surface area (Å²) in [6.45, 7) is 0. The Morgan fingerprint density at radius 2 is 2.40 bits per heavy atom. The van der Waals surface area contributed by atoms with Crippen LogP contribution in [0.1, 0.15) is 25.7 Å². The van der Waals surface area contributed by atoms with Crippen molar-refractivity contribution in [1.29, 1.82) is 0 Å². The van der Waals surface area contributed by atoms with Crippen molar-refractivity contribution >= 4 is 23.2 Å². The smallest absolute Gasteiger partial charge is 0.224 e. The number of halogens is 1. The van der Waals surface area contributed by atoms with Crippen LogP contribution in [0.4, 0.5) is 5.69 Å². The summed E-state index contributed by atoms with van der Waals surface area (Å²) < 4.78 is 0. The second-order valence-electron chi connectivity index (χ2n) is 3.90. The molecule has 0 aliphatic heterocycles. The van der Waals surface area contributed by atoms with Crippen LogP contribution in [-0.4, -0.2) is 10.9 Å². The van der Waals surface area contributed by atoms with Gasteiger partial charge in [0.1, 0.15) is 0 Å². The largest absolute Gasteiger partial charge is 0.323 e. The SMILES string of the molecule is O=C(CC1CCC1)Nc1cnccc1Cl. The topological polar surface area (TPSA) is 42.0 Å². The van der Waals surface area contributed by atoms with Gasteiger partial charge < -0.3 is 5.32 Å². The summed E-state index contributed by atoms with van der Waals surface area (Å²) in [5.74, 6) is 0.607. The molecule has 0 bridgehead atoms. The zero-order chi connectivity index (χ0) is 10.7. The molecule has 0 atom stereocenters. The first-order valence-corrected chi connectivity index (χ1v) is 5.53. The lowest BCUT2D eigenvalue weighted by Crippen LogP contribution is -2.21. The summed E-state index contributed by atoms with van der Waals surface area (Å²) in [4.78, 5) is 15.5. The number of nitrogens with one attached hydrogen (secondary N) is 1. The molecule has 0 radical (unpaired) electrons. The number of aromatic nitrogens is 1. The molecule has 0 spiro atoms. The van der Waals surface area contributed by atoms with Gasteiger partial charge in [-0.3, -0.25) is 9.78 Å². The number of hydrogen-bond acceptors (Lipinski definition) is 2. The van der Waals surface area contributed by atoms with E-state index in [2.05, 4.69) is 10.3 Å². The Labute approximate surface area is 93.8 Å². The standard InChI is InChI=1S/C11H13ClN2O/c12-9-4-5-13-7-10(9)14-11(15)6-8-2-1-3-8/h4-5,7-8H,1-3,6H2,(H,14,15). The van der Waals surface area contributed by atoms with Gasteiger partial charge in [-0.2, -0.15) is 0 Å². The van der Waals surface area contributed by atoms with E-state index < -0.39 is 0 Å². The van der Waals surface area contributed by atoms with Gasteiger partial charge in [-0.25, -0.2) is 0 Å². The molecule has 3 nitrogen and oxygen atoms in total. The Morgan fingerprint density at radius 1 is 1.60 bits per heavy atom. The molecule has 1 fully saturated rings. The highest BCUT2D eigenvalue weighted by atomic mass is 35.5. The molecule has 1 aliphatic carbocycles. The zero-order valence-corrected chi connectivity index (χ0v) is 9.13. The average molecular weight is 225 g/mol. The van der Waals surface area contributed by atoms with E-state index in [4.69, 9.17) is 11.6 Å². The average Bonchev–Trinajstić information content (AvgIpc) is 2.16. The summed E-state index contributed by atoms with van der Waals surface area (Å²) in [6.07, 6.45) is 7.38. The Hall–Kier alpha value is -1.09. The first-order chi connectivity index (χ1) is 7.25. The van der Waals surface area contributed by atoms with Crippen molar-refractivity contribution in [2.75, 3.05) is 5.32 Å². The zero-order valence-electron chi connectivity index (χ0n) is 8.37. The van der Waals surface area contributed by atoms with E-state index >= 15 is 0 Å². The van der Waals surface area contributed by atoms with E-state index in [0.717, 1.165) is 0 Å². The number of hydrogen-bond donors (Lipinski definition) is 1. The number of pyridine rings is 1. The van der Waals surface area contributed by atoms with Gasteiger partial charge in [-0.05, 0) is 24.8 Å². The van der Waals surface area contributed by atoms with Crippen LogP contribution in [0, 0.1) is 5.92 Å². The summed E-state index contributed by atoms with van der Waals surface area (Å²) in [7, 11) is 0. The fourth-order valence-corrected chi connectivity index (χ4v) is 1.78. The predicted molar refractivity (Wildman–Crippen MR) is 59.8 cm³/mol. The monoisotopic (exact) mass is 224 g/mol. The molecule has 1 aromatic rings. The number of rotatable bonds is 3. The van der Waals surface area contributed by atoms with Crippen LogP contribution in [0.15, 0.2) is 18.5 Å². The van der Waals surface area contributed by atoms with Crippen molar-refractivity contribution in [2.24, 2.45) is 5.92 Å². The second kappa shape index (κ2) is 4.62. The van der Waals surface area contributed by atoms with E-state index in [-0.39, 0.29) is 5.91 Å². The molecule has 2 rings (SSSR count). The minimum Gasteiger partial charge on any atom is -0.323 e. The van der Waals surface area contributed by atoms with Gasteiger partial charge in [-0.1, -0.05) is 18.0 Å². The summed E-state index contributed by atoms with van der Waals surface area (Å²) in [6, 6.07) is 1.67. The highest BCUT2D eigenvalue weighted by Crippen LogP contribution is 2.30. The fourth-order valence-electron chi connectivity index (χ4n) is 1.63. The third kappa shape index (κ3) is 2.69. The second-order valence-corrected chi connectivity index (χ2v) is 4.31. The molecule has 0 aromatic carbocycles. The maximum atomic E-state index is 11.6. The van der Waals surface area contributed by atoms with Gasteiger partial charge in [0.15, 0.2) is 0 Å². The van der Waals surface area contributed by atoms with Crippen molar-refractivity contribution < 1.29 is 4.79 Å². The minimum absolute atomic E-state index is 0.0367. The molecule has 15 heavy (non-hydrogen) atoms. The molecular weight excluding hydrogens is 212 g/mol. The van der Waals surface area contributed by atoms with Crippen LogP contribution in [0.5, 0.6) is 0 Å². The van der Waals surface area contributed by atoms with Crippen molar-refractivity contribution in [3.05, 3.63) is 23.5 Å². The van der Waals surface area contributed by atoms with Crippen LogP contribution >= 0.6 is 11.6 Å². The van der Waals surface area contributed by atoms with Gasteiger partial charge in [0.05, 0.1) is 16.9 Å². The highest BCUT2D eigenvalue weighted by Gasteiger charge is 2.20. The Kier molecular flexibility index (Phi) is 3.21.